The van der Waals surface area contributed by atoms with E-state index >= 15 is 0 Å². The van der Waals surface area contributed by atoms with Crippen molar-refractivity contribution in [2.24, 2.45) is 0 Å². The van der Waals surface area contributed by atoms with Crippen LogP contribution in [0.15, 0.2) is 29.2 Å². The third-order valence-corrected chi connectivity index (χ3v) is 6.12. The molecular formula is C14H20N2O3S. The molecule has 1 unspecified atom stereocenters. The summed E-state index contributed by atoms with van der Waals surface area (Å²) < 4.78 is 26.9. The zero-order valence-corrected chi connectivity index (χ0v) is 12.4. The van der Waals surface area contributed by atoms with Crippen molar-refractivity contribution in [2.75, 3.05) is 19.6 Å². The summed E-state index contributed by atoms with van der Waals surface area (Å²) in [6.07, 6.45) is 1.20. The van der Waals surface area contributed by atoms with Gasteiger partial charge in [-0.2, -0.15) is 4.31 Å². The second-order valence-corrected chi connectivity index (χ2v) is 7.57. The number of benzene rings is 1. The smallest absolute Gasteiger partial charge is 0.243 e. The van der Waals surface area contributed by atoms with Crippen LogP contribution in [0, 0.1) is 6.92 Å². The highest BCUT2D eigenvalue weighted by Crippen LogP contribution is 2.28. The molecular weight excluding hydrogens is 276 g/mol. The molecule has 0 bridgehead atoms. The molecule has 0 saturated carbocycles. The molecule has 2 saturated heterocycles. The van der Waals surface area contributed by atoms with E-state index in [9.17, 15) is 13.5 Å². The molecule has 1 aromatic carbocycles. The van der Waals surface area contributed by atoms with E-state index in [1.54, 1.807) is 22.5 Å². The van der Waals surface area contributed by atoms with Crippen LogP contribution < -0.4 is 0 Å². The number of aliphatic hydroxyl groups is 1. The molecule has 5 nitrogen and oxygen atoms in total. The minimum atomic E-state index is -3.42. The summed E-state index contributed by atoms with van der Waals surface area (Å²) in [7, 11) is -3.42. The van der Waals surface area contributed by atoms with Crippen molar-refractivity contribution in [3.63, 3.8) is 0 Å². The van der Waals surface area contributed by atoms with E-state index < -0.39 is 16.3 Å². The Hall–Kier alpha value is -0.950. The van der Waals surface area contributed by atoms with E-state index in [1.807, 2.05) is 17.9 Å². The quantitative estimate of drug-likeness (QED) is 0.876. The van der Waals surface area contributed by atoms with Gasteiger partial charge in [0, 0.05) is 25.7 Å². The van der Waals surface area contributed by atoms with Gasteiger partial charge in [0.25, 0.3) is 0 Å². The molecule has 0 radical (unpaired) electrons. The van der Waals surface area contributed by atoms with Gasteiger partial charge in [0.2, 0.25) is 10.0 Å². The van der Waals surface area contributed by atoms with Crippen LogP contribution in [0.5, 0.6) is 0 Å². The highest BCUT2D eigenvalue weighted by molar-refractivity contribution is 7.89. The van der Waals surface area contributed by atoms with Gasteiger partial charge in [-0.1, -0.05) is 12.1 Å². The van der Waals surface area contributed by atoms with E-state index in [2.05, 4.69) is 0 Å². The van der Waals surface area contributed by atoms with E-state index in [0.717, 1.165) is 18.4 Å². The van der Waals surface area contributed by atoms with Crippen LogP contribution in [-0.4, -0.2) is 54.6 Å². The van der Waals surface area contributed by atoms with E-state index in [4.69, 9.17) is 0 Å². The number of piperazine rings is 1. The fraction of sp³-hybridized carbons (Fsp3) is 0.571. The van der Waals surface area contributed by atoms with E-state index in [-0.39, 0.29) is 6.04 Å². The minimum absolute atomic E-state index is 0.151. The third-order valence-electron chi connectivity index (χ3n) is 4.26. The number of hydrogen-bond acceptors (Lipinski definition) is 4. The lowest BCUT2D eigenvalue weighted by molar-refractivity contribution is -0.00410. The van der Waals surface area contributed by atoms with E-state index in [1.165, 1.54) is 0 Å². The lowest BCUT2D eigenvalue weighted by atomic mass is 10.2. The zero-order valence-electron chi connectivity index (χ0n) is 11.6. The second kappa shape index (κ2) is 5.11. The molecule has 110 valence electrons. The molecule has 1 N–H and O–H groups in total. The van der Waals surface area contributed by atoms with Crippen LogP contribution in [0.25, 0.3) is 0 Å². The molecule has 0 spiro atoms. The highest BCUT2D eigenvalue weighted by atomic mass is 32.2. The number of rotatable bonds is 2. The third kappa shape index (κ3) is 2.37. The van der Waals surface area contributed by atoms with Crippen molar-refractivity contribution in [1.29, 1.82) is 0 Å². The first-order valence-electron chi connectivity index (χ1n) is 6.99. The Labute approximate surface area is 119 Å². The fourth-order valence-electron chi connectivity index (χ4n) is 3.14. The largest absolute Gasteiger partial charge is 0.378 e. The summed E-state index contributed by atoms with van der Waals surface area (Å²) in [5.74, 6) is 0. The van der Waals surface area contributed by atoms with Gasteiger partial charge in [-0.15, -0.1) is 0 Å². The number of aryl methyl sites for hydroxylation is 1. The van der Waals surface area contributed by atoms with Crippen molar-refractivity contribution in [3.05, 3.63) is 29.8 Å². The standard InChI is InChI=1S/C14H20N2O3S/c1-11-3-2-4-13(9-11)20(18,19)15-7-8-16-12(10-15)5-6-14(16)17/h2-4,9,12,14,17H,5-8,10H2,1H3/t12-,14?/m1/s1. The average molecular weight is 296 g/mol. The average Bonchev–Trinajstić information content (AvgIpc) is 2.80. The number of hydrogen-bond donors (Lipinski definition) is 1. The summed E-state index contributed by atoms with van der Waals surface area (Å²) in [4.78, 5) is 2.38. The van der Waals surface area contributed by atoms with Crippen molar-refractivity contribution in [3.8, 4) is 0 Å². The summed E-state index contributed by atoms with van der Waals surface area (Å²) in [5.41, 5.74) is 0.945. The summed E-state index contributed by atoms with van der Waals surface area (Å²) in [5, 5.41) is 9.82. The predicted molar refractivity (Wildman–Crippen MR) is 75.7 cm³/mol. The van der Waals surface area contributed by atoms with Crippen LogP contribution in [0.2, 0.25) is 0 Å². The SMILES string of the molecule is Cc1cccc(S(=O)(=O)N2CCN3C(O)CC[C@@H]3C2)c1. The summed E-state index contributed by atoms with van der Waals surface area (Å²) in [6, 6.07) is 7.18. The fourth-order valence-corrected chi connectivity index (χ4v) is 4.71. The Kier molecular flexibility index (Phi) is 3.58. The van der Waals surface area contributed by atoms with Gasteiger partial charge in [-0.25, -0.2) is 8.42 Å². The molecule has 2 fully saturated rings. The van der Waals surface area contributed by atoms with Gasteiger partial charge < -0.3 is 5.11 Å². The van der Waals surface area contributed by atoms with Crippen molar-refractivity contribution < 1.29 is 13.5 Å². The molecule has 3 rings (SSSR count). The van der Waals surface area contributed by atoms with Gasteiger partial charge in [0.05, 0.1) is 4.90 Å². The maximum Gasteiger partial charge on any atom is 0.243 e. The van der Waals surface area contributed by atoms with Crippen LogP contribution in [0.4, 0.5) is 0 Å². The van der Waals surface area contributed by atoms with Gasteiger partial charge in [-0.3, -0.25) is 4.90 Å². The Bertz CT molecular complexity index is 602. The van der Waals surface area contributed by atoms with Crippen LogP contribution in [0.3, 0.4) is 0 Å². The summed E-state index contributed by atoms with van der Waals surface area (Å²) in [6.45, 7) is 3.43. The zero-order chi connectivity index (χ0) is 14.3. The lowest BCUT2D eigenvalue weighted by Gasteiger charge is -2.37. The lowest BCUT2D eigenvalue weighted by Crippen LogP contribution is -2.53. The topological polar surface area (TPSA) is 60.9 Å². The van der Waals surface area contributed by atoms with Crippen molar-refractivity contribution in [2.45, 2.75) is 36.9 Å². The maximum absolute atomic E-state index is 12.7. The van der Waals surface area contributed by atoms with Gasteiger partial charge in [0.15, 0.2) is 0 Å². The molecule has 2 aliphatic rings. The summed E-state index contributed by atoms with van der Waals surface area (Å²) >= 11 is 0. The molecule has 20 heavy (non-hydrogen) atoms. The van der Waals surface area contributed by atoms with Crippen molar-refractivity contribution in [1.82, 2.24) is 9.21 Å². The first kappa shape index (κ1) is 14.0. The first-order valence-corrected chi connectivity index (χ1v) is 8.43. The molecule has 0 aromatic heterocycles. The molecule has 2 aliphatic heterocycles. The first-order chi connectivity index (χ1) is 9.48. The van der Waals surface area contributed by atoms with Gasteiger partial charge in [0.1, 0.15) is 6.23 Å². The van der Waals surface area contributed by atoms with Crippen LogP contribution in [-0.2, 0) is 10.0 Å². The van der Waals surface area contributed by atoms with Gasteiger partial charge >= 0.3 is 0 Å². The minimum Gasteiger partial charge on any atom is -0.378 e. The Morgan fingerprint density at radius 3 is 2.80 bits per heavy atom. The Morgan fingerprint density at radius 1 is 1.25 bits per heavy atom. The molecule has 2 heterocycles. The van der Waals surface area contributed by atoms with Crippen LogP contribution >= 0.6 is 0 Å². The molecule has 2 atom stereocenters. The molecule has 6 heteroatoms. The second-order valence-electron chi connectivity index (χ2n) is 5.63. The van der Waals surface area contributed by atoms with Crippen molar-refractivity contribution >= 4 is 10.0 Å². The maximum atomic E-state index is 12.7. The predicted octanol–water partition coefficient (Wildman–Crippen LogP) is 0.782. The number of aliphatic hydroxyl groups excluding tert-OH is 1. The number of fused-ring (bicyclic) bond motifs is 1. The number of nitrogens with zero attached hydrogens (tertiary/aromatic N) is 2. The number of sulfonamides is 1. The monoisotopic (exact) mass is 296 g/mol. The molecule has 1 aromatic rings. The molecule has 0 aliphatic carbocycles. The van der Waals surface area contributed by atoms with Crippen LogP contribution in [0.1, 0.15) is 18.4 Å². The van der Waals surface area contributed by atoms with Gasteiger partial charge in [-0.05, 0) is 37.5 Å². The normalized spacial score (nSPS) is 28.5. The Balaban J connectivity index is 1.83. The Morgan fingerprint density at radius 2 is 2.05 bits per heavy atom. The van der Waals surface area contributed by atoms with E-state index in [0.29, 0.717) is 24.5 Å². The molecule has 0 amide bonds. The highest BCUT2D eigenvalue weighted by Gasteiger charge is 2.40.